The average molecular weight is 768 g/mol. The predicted molar refractivity (Wildman–Crippen MR) is 184 cm³/mol. The summed E-state index contributed by atoms with van der Waals surface area (Å²) in [5.74, 6) is 0.268. The smallest absolute Gasteiger partial charge is 0.316 e. The Morgan fingerprint density at radius 2 is 1.65 bits per heavy atom. The van der Waals surface area contributed by atoms with Crippen LogP contribution in [0.15, 0.2) is 42.1 Å². The molecule has 3 aliphatic rings. The van der Waals surface area contributed by atoms with Gasteiger partial charge in [-0.3, -0.25) is 9.59 Å². The summed E-state index contributed by atoms with van der Waals surface area (Å²) in [6.45, 7) is 16.0. The number of aryl methyl sites for hydroxylation is 1. The highest BCUT2D eigenvalue weighted by Gasteiger charge is 2.68. The second-order valence-corrected chi connectivity index (χ2v) is 16.4. The van der Waals surface area contributed by atoms with Gasteiger partial charge in [0.1, 0.15) is 18.4 Å². The highest BCUT2D eigenvalue weighted by atomic mass is 127. The van der Waals surface area contributed by atoms with Gasteiger partial charge < -0.3 is 33.8 Å². The van der Waals surface area contributed by atoms with Crippen LogP contribution < -0.4 is 28.5 Å². The number of Topliss-reactive ketones (excluding diaryl/α,β-unsaturated/α-hetero) is 1. The number of aromatic nitrogens is 1. The van der Waals surface area contributed by atoms with Crippen LogP contribution in [0.1, 0.15) is 131 Å². The Labute approximate surface area is 301 Å². The lowest BCUT2D eigenvalue weighted by molar-refractivity contribution is -0.697. The van der Waals surface area contributed by atoms with Crippen LogP contribution in [-0.2, 0) is 20.9 Å². The molecule has 1 aromatic rings. The van der Waals surface area contributed by atoms with Crippen molar-refractivity contribution in [3.8, 4) is 0 Å². The van der Waals surface area contributed by atoms with E-state index in [1.807, 2.05) is 13.0 Å². The zero-order valence-electron chi connectivity index (χ0n) is 29.4. The van der Waals surface area contributed by atoms with Gasteiger partial charge in [0.15, 0.2) is 12.4 Å². The topological polar surface area (TPSA) is 67.5 Å². The first-order valence-corrected chi connectivity index (χ1v) is 19.2. The molecular formula is C39H62INO4S. The minimum Gasteiger partial charge on any atom is -1.00 e. The minimum atomic E-state index is -0.645. The molecule has 3 saturated carbocycles. The van der Waals surface area contributed by atoms with Crippen LogP contribution in [0.4, 0.5) is 0 Å². The number of pyridine rings is 1. The summed E-state index contributed by atoms with van der Waals surface area (Å²) in [5.41, 5.74) is -1.34. The molecule has 0 amide bonds. The van der Waals surface area contributed by atoms with Crippen LogP contribution >= 0.6 is 11.8 Å². The number of rotatable bonds is 16. The third kappa shape index (κ3) is 8.61. The van der Waals surface area contributed by atoms with Gasteiger partial charge in [-0.05, 0) is 49.4 Å². The summed E-state index contributed by atoms with van der Waals surface area (Å²) in [6, 6.07) is 4.18. The fourth-order valence-electron chi connectivity index (χ4n) is 9.31. The molecule has 3 fully saturated rings. The van der Waals surface area contributed by atoms with E-state index in [-0.39, 0.29) is 64.7 Å². The Balaban J connectivity index is 0.00000576. The molecule has 1 aromatic heterocycles. The summed E-state index contributed by atoms with van der Waals surface area (Å²) in [4.78, 5) is 28.1. The molecule has 0 spiro atoms. The number of hydrogen-bond acceptors (Lipinski definition) is 5. The van der Waals surface area contributed by atoms with Crippen LogP contribution in [0.5, 0.6) is 0 Å². The lowest BCUT2D eigenvalue weighted by Crippen LogP contribution is -3.00. The lowest BCUT2D eigenvalue weighted by Gasteiger charge is -2.61. The number of esters is 1. The Morgan fingerprint density at radius 3 is 2.26 bits per heavy atom. The average Bonchev–Trinajstić information content (AvgIpc) is 3.39. The van der Waals surface area contributed by atoms with Gasteiger partial charge in [-0.2, -0.15) is 0 Å². The molecule has 0 unspecified atom stereocenters. The number of aliphatic hydroxyl groups is 1. The van der Waals surface area contributed by atoms with Crippen LogP contribution in [0, 0.1) is 34.0 Å². The van der Waals surface area contributed by atoms with E-state index >= 15 is 0 Å². The van der Waals surface area contributed by atoms with E-state index in [0.717, 1.165) is 30.7 Å². The third-order valence-electron chi connectivity index (χ3n) is 12.6. The summed E-state index contributed by atoms with van der Waals surface area (Å²) in [6.07, 6.45) is 22.1. The van der Waals surface area contributed by atoms with Crippen molar-refractivity contribution in [3.63, 3.8) is 0 Å². The number of carbonyl (C=O) groups is 2. The number of carbonyl (C=O) groups excluding carboxylic acids is 2. The number of aliphatic hydroxyl groups excluding tert-OH is 1. The fourth-order valence-corrected chi connectivity index (χ4v) is 9.97. The Kier molecular flexibility index (Phi) is 15.2. The van der Waals surface area contributed by atoms with Crippen LogP contribution in [-0.4, -0.2) is 34.8 Å². The predicted octanol–water partition coefficient (Wildman–Crippen LogP) is 5.90. The molecule has 3 aliphatic carbocycles. The van der Waals surface area contributed by atoms with Gasteiger partial charge >= 0.3 is 5.97 Å². The van der Waals surface area contributed by atoms with Gasteiger partial charge in [-0.1, -0.05) is 92.1 Å². The quantitative estimate of drug-likeness (QED) is 0.0568. The molecule has 1 heterocycles. The largest absolute Gasteiger partial charge is 1.00 e. The van der Waals surface area contributed by atoms with E-state index in [2.05, 4.69) is 63.4 Å². The second-order valence-electron chi connectivity index (χ2n) is 15.3. The van der Waals surface area contributed by atoms with E-state index in [1.165, 1.54) is 76.0 Å². The monoisotopic (exact) mass is 767 g/mol. The highest BCUT2D eigenvalue weighted by Crippen LogP contribution is 2.68. The first kappa shape index (κ1) is 39.5. The zero-order chi connectivity index (χ0) is 32.7. The standard InChI is InChI=1S/C39H62NO4S.HI/c1-7-9-10-11-12-13-14-15-16-17-24-40-25-20-31(21-26-40)45-28-34(42)44-33-27-37(5,8-2)36(43)30(4)39-22-18-29(3)38(33,6)35(39)32(41)19-23-39;/h8,20-21,25-26,29-30,33,35-36,43H,2,7,9-19,22-24,27-28H2,1,3-6H3;1H/q+1;/p-1/t29-,30+,33-,35+,36+,37-,38+,39+;/m1./s1. The van der Waals surface area contributed by atoms with Crippen molar-refractivity contribution in [1.82, 2.24) is 0 Å². The molecule has 260 valence electrons. The normalized spacial score (nSPS) is 33.8. The van der Waals surface area contributed by atoms with E-state index in [4.69, 9.17) is 4.74 Å². The summed E-state index contributed by atoms with van der Waals surface area (Å²) in [7, 11) is 0. The van der Waals surface area contributed by atoms with Crippen LogP contribution in [0.25, 0.3) is 0 Å². The molecule has 4 rings (SSSR count). The number of unbranched alkanes of at least 4 members (excludes halogenated alkanes) is 9. The van der Waals surface area contributed by atoms with Crippen molar-refractivity contribution >= 4 is 23.5 Å². The molecular weight excluding hydrogens is 705 g/mol. The lowest BCUT2D eigenvalue weighted by atomic mass is 9.44. The maximum Gasteiger partial charge on any atom is 0.316 e. The first-order chi connectivity index (χ1) is 21.5. The molecule has 5 nitrogen and oxygen atoms in total. The van der Waals surface area contributed by atoms with Gasteiger partial charge in [-0.25, -0.2) is 4.57 Å². The van der Waals surface area contributed by atoms with Crippen molar-refractivity contribution in [1.29, 1.82) is 0 Å². The van der Waals surface area contributed by atoms with E-state index in [0.29, 0.717) is 12.8 Å². The zero-order valence-corrected chi connectivity index (χ0v) is 32.4. The van der Waals surface area contributed by atoms with Gasteiger partial charge in [0, 0.05) is 46.6 Å². The molecule has 0 aromatic carbocycles. The number of nitrogens with zero attached hydrogens (tertiary/aromatic N) is 1. The SMILES string of the molecule is C=C[C@]1(C)C[C@@H](OC(=O)CSc2cc[n+](CCCCCCCCCCCC)cc2)[C@]2(C)[C@H](C)CC[C@]3(CCC(=O)[C@H]32)[C@@H](C)[C@@H]1O.[I-]. The van der Waals surface area contributed by atoms with E-state index in [1.54, 1.807) is 0 Å². The van der Waals surface area contributed by atoms with Crippen molar-refractivity contribution in [3.05, 3.63) is 37.2 Å². The van der Waals surface area contributed by atoms with E-state index in [9.17, 15) is 14.7 Å². The molecule has 1 N–H and O–H groups in total. The van der Waals surface area contributed by atoms with Crippen molar-refractivity contribution in [2.75, 3.05) is 5.75 Å². The van der Waals surface area contributed by atoms with Crippen molar-refractivity contribution in [2.24, 2.45) is 34.0 Å². The molecule has 2 bridgehead atoms. The van der Waals surface area contributed by atoms with Gasteiger partial charge in [0.25, 0.3) is 0 Å². The molecule has 8 atom stereocenters. The number of thioether (sulfide) groups is 1. The van der Waals surface area contributed by atoms with Crippen molar-refractivity contribution < 1.29 is 48.0 Å². The molecule has 0 saturated heterocycles. The molecule has 7 heteroatoms. The second kappa shape index (κ2) is 17.6. The van der Waals surface area contributed by atoms with E-state index < -0.39 is 23.0 Å². The number of halogens is 1. The number of ketones is 1. The highest BCUT2D eigenvalue weighted by molar-refractivity contribution is 8.00. The first-order valence-electron chi connectivity index (χ1n) is 18.2. The van der Waals surface area contributed by atoms with Gasteiger partial charge in [0.2, 0.25) is 0 Å². The Morgan fingerprint density at radius 1 is 1.04 bits per heavy atom. The van der Waals surface area contributed by atoms with Crippen molar-refractivity contribution in [2.45, 2.75) is 155 Å². The maximum absolute atomic E-state index is 13.6. The Bertz CT molecular complexity index is 1150. The van der Waals surface area contributed by atoms with Gasteiger partial charge in [0.05, 0.1) is 11.9 Å². The Hall–Kier alpha value is -0.930. The number of ether oxygens (including phenoxy) is 1. The molecule has 0 radical (unpaired) electrons. The van der Waals surface area contributed by atoms with Gasteiger partial charge in [-0.15, -0.1) is 18.3 Å². The fraction of sp³-hybridized carbons (Fsp3) is 0.769. The minimum absolute atomic E-state index is 0. The van der Waals surface area contributed by atoms with Crippen LogP contribution in [0.3, 0.4) is 0 Å². The molecule has 46 heavy (non-hydrogen) atoms. The summed E-state index contributed by atoms with van der Waals surface area (Å²) < 4.78 is 8.64. The summed E-state index contributed by atoms with van der Waals surface area (Å²) in [5, 5.41) is 11.7. The third-order valence-corrected chi connectivity index (χ3v) is 13.5. The van der Waals surface area contributed by atoms with Crippen LogP contribution in [0.2, 0.25) is 0 Å². The summed E-state index contributed by atoms with van der Waals surface area (Å²) >= 11 is 1.50. The molecule has 0 aliphatic heterocycles. The maximum atomic E-state index is 13.6. The number of hydrogen-bond donors (Lipinski definition) is 1.